The third kappa shape index (κ3) is 2.48. The van der Waals surface area contributed by atoms with Gasteiger partial charge in [-0.05, 0) is 54.0 Å². The molecule has 0 spiro atoms. The number of hydrogen-bond acceptors (Lipinski definition) is 3. The van der Waals surface area contributed by atoms with Crippen LogP contribution < -0.4 is 0 Å². The molecule has 0 aliphatic carbocycles. The molecule has 0 N–H and O–H groups in total. The highest BCUT2D eigenvalue weighted by atomic mass is 79.9. The molecule has 1 aliphatic rings. The quantitative estimate of drug-likeness (QED) is 0.852. The summed E-state index contributed by atoms with van der Waals surface area (Å²) in [6, 6.07) is 6.69. The van der Waals surface area contributed by atoms with Crippen LogP contribution in [0, 0.1) is 11.3 Å². The lowest BCUT2D eigenvalue weighted by molar-refractivity contribution is 0.265. The highest BCUT2D eigenvalue weighted by Crippen LogP contribution is 2.32. The first kappa shape index (κ1) is 12.1. The number of thiophene rings is 1. The van der Waals surface area contributed by atoms with Gasteiger partial charge in [-0.3, -0.25) is 4.90 Å². The summed E-state index contributed by atoms with van der Waals surface area (Å²) < 4.78 is 1.15. The van der Waals surface area contributed by atoms with Crippen LogP contribution in [0.15, 0.2) is 15.9 Å². The third-order valence-corrected chi connectivity index (χ3v) is 5.01. The highest BCUT2D eigenvalue weighted by Gasteiger charge is 2.28. The third-order valence-electron chi connectivity index (χ3n) is 3.18. The Hall–Kier alpha value is -0.370. The van der Waals surface area contributed by atoms with Crippen molar-refractivity contribution in [3.05, 3.63) is 20.8 Å². The SMILES string of the molecule is CC(c1ccc(Br)s1)C(C#N)N1CCCC1. The van der Waals surface area contributed by atoms with Gasteiger partial charge in [0.05, 0.1) is 9.86 Å². The zero-order valence-corrected chi connectivity index (χ0v) is 11.7. The van der Waals surface area contributed by atoms with Gasteiger partial charge >= 0.3 is 0 Å². The molecule has 1 saturated heterocycles. The van der Waals surface area contributed by atoms with Crippen molar-refractivity contribution in [1.29, 1.82) is 5.26 Å². The number of rotatable bonds is 3. The molecule has 0 saturated carbocycles. The van der Waals surface area contributed by atoms with Gasteiger partial charge in [0.15, 0.2) is 0 Å². The molecular formula is C12H15BrN2S. The molecule has 1 aromatic heterocycles. The molecule has 2 unspecified atom stereocenters. The molecule has 0 radical (unpaired) electrons. The Kier molecular flexibility index (Phi) is 4.01. The second-order valence-corrected chi connectivity index (χ2v) is 6.74. The van der Waals surface area contributed by atoms with Gasteiger partial charge < -0.3 is 0 Å². The summed E-state index contributed by atoms with van der Waals surface area (Å²) in [5.41, 5.74) is 0. The fourth-order valence-corrected chi connectivity index (χ4v) is 3.76. The van der Waals surface area contributed by atoms with Crippen molar-refractivity contribution < 1.29 is 0 Å². The van der Waals surface area contributed by atoms with E-state index in [4.69, 9.17) is 0 Å². The van der Waals surface area contributed by atoms with Crippen LogP contribution in [0.1, 0.15) is 30.6 Å². The summed E-state index contributed by atoms with van der Waals surface area (Å²) in [7, 11) is 0. The van der Waals surface area contributed by atoms with Gasteiger partial charge in [0.25, 0.3) is 0 Å². The van der Waals surface area contributed by atoms with E-state index in [1.54, 1.807) is 11.3 Å². The predicted octanol–water partition coefficient (Wildman–Crippen LogP) is 3.60. The monoisotopic (exact) mass is 298 g/mol. The highest BCUT2D eigenvalue weighted by molar-refractivity contribution is 9.11. The van der Waals surface area contributed by atoms with Crippen molar-refractivity contribution in [2.24, 2.45) is 0 Å². The maximum absolute atomic E-state index is 9.33. The van der Waals surface area contributed by atoms with Gasteiger partial charge in [-0.1, -0.05) is 6.92 Å². The molecule has 1 fully saturated rings. The van der Waals surface area contributed by atoms with Crippen LogP contribution in [0.25, 0.3) is 0 Å². The Morgan fingerprint density at radius 3 is 2.62 bits per heavy atom. The van der Waals surface area contributed by atoms with E-state index < -0.39 is 0 Å². The summed E-state index contributed by atoms with van der Waals surface area (Å²) in [5, 5.41) is 9.33. The second kappa shape index (κ2) is 5.31. The average molecular weight is 299 g/mol. The molecule has 16 heavy (non-hydrogen) atoms. The van der Waals surface area contributed by atoms with E-state index in [0.29, 0.717) is 5.92 Å². The average Bonchev–Trinajstić information content (AvgIpc) is 2.90. The minimum Gasteiger partial charge on any atom is -0.288 e. The van der Waals surface area contributed by atoms with Gasteiger partial charge in [-0.15, -0.1) is 11.3 Å². The summed E-state index contributed by atoms with van der Waals surface area (Å²) >= 11 is 5.21. The molecule has 2 rings (SSSR count). The van der Waals surface area contributed by atoms with Crippen molar-refractivity contribution in [2.75, 3.05) is 13.1 Å². The zero-order chi connectivity index (χ0) is 11.5. The zero-order valence-electron chi connectivity index (χ0n) is 9.32. The van der Waals surface area contributed by atoms with E-state index in [9.17, 15) is 5.26 Å². The molecular weight excluding hydrogens is 284 g/mol. The summed E-state index contributed by atoms with van der Waals surface area (Å²) in [4.78, 5) is 3.61. The van der Waals surface area contributed by atoms with Crippen molar-refractivity contribution in [3.8, 4) is 6.07 Å². The van der Waals surface area contributed by atoms with Crippen LogP contribution in [-0.2, 0) is 0 Å². The number of hydrogen-bond donors (Lipinski definition) is 0. The van der Waals surface area contributed by atoms with Gasteiger partial charge in [-0.25, -0.2) is 0 Å². The minimum absolute atomic E-state index is 0.0352. The predicted molar refractivity (Wildman–Crippen MR) is 70.6 cm³/mol. The fourth-order valence-electron chi connectivity index (χ4n) is 2.26. The smallest absolute Gasteiger partial charge is 0.105 e. The molecule has 0 aromatic carbocycles. The largest absolute Gasteiger partial charge is 0.288 e. The lowest BCUT2D eigenvalue weighted by Gasteiger charge is -2.26. The lowest BCUT2D eigenvalue weighted by atomic mass is 10.0. The van der Waals surface area contributed by atoms with Gasteiger partial charge in [0.2, 0.25) is 0 Å². The van der Waals surface area contributed by atoms with Crippen LogP contribution >= 0.6 is 27.3 Å². The van der Waals surface area contributed by atoms with Crippen molar-refractivity contribution >= 4 is 27.3 Å². The molecule has 2 heterocycles. The van der Waals surface area contributed by atoms with Gasteiger partial charge in [0.1, 0.15) is 6.04 Å². The maximum Gasteiger partial charge on any atom is 0.105 e. The van der Waals surface area contributed by atoms with Gasteiger partial charge in [-0.2, -0.15) is 5.26 Å². The minimum atomic E-state index is 0.0352. The molecule has 1 aromatic rings. The maximum atomic E-state index is 9.33. The Labute approximate surface area is 109 Å². The normalized spacial score (nSPS) is 20.6. The fraction of sp³-hybridized carbons (Fsp3) is 0.583. The van der Waals surface area contributed by atoms with E-state index in [2.05, 4.69) is 46.0 Å². The summed E-state index contributed by atoms with van der Waals surface area (Å²) in [6.07, 6.45) is 2.47. The van der Waals surface area contributed by atoms with Gasteiger partial charge in [0, 0.05) is 10.8 Å². The Morgan fingerprint density at radius 2 is 2.12 bits per heavy atom. The van der Waals surface area contributed by atoms with Crippen molar-refractivity contribution in [2.45, 2.75) is 31.7 Å². The van der Waals surface area contributed by atoms with E-state index in [1.807, 2.05) is 0 Å². The topological polar surface area (TPSA) is 27.0 Å². The second-order valence-electron chi connectivity index (χ2n) is 4.25. The number of halogens is 1. The molecule has 2 nitrogen and oxygen atoms in total. The number of nitriles is 1. The van der Waals surface area contributed by atoms with Crippen LogP contribution in [0.5, 0.6) is 0 Å². The Bertz CT molecular complexity index is 390. The number of nitrogens with zero attached hydrogens (tertiary/aromatic N) is 2. The van der Waals surface area contributed by atoms with Crippen molar-refractivity contribution in [1.82, 2.24) is 4.90 Å². The summed E-state index contributed by atoms with van der Waals surface area (Å²) in [6.45, 7) is 4.31. The molecule has 1 aliphatic heterocycles. The van der Waals surface area contributed by atoms with Crippen LogP contribution in [0.4, 0.5) is 0 Å². The Morgan fingerprint density at radius 1 is 1.44 bits per heavy atom. The first-order valence-corrected chi connectivity index (χ1v) is 7.22. The molecule has 4 heteroatoms. The van der Waals surface area contributed by atoms with E-state index in [1.165, 1.54) is 17.7 Å². The Balaban J connectivity index is 2.12. The molecule has 2 atom stereocenters. The first-order chi connectivity index (χ1) is 7.72. The molecule has 86 valence electrons. The van der Waals surface area contributed by atoms with E-state index in [-0.39, 0.29) is 6.04 Å². The van der Waals surface area contributed by atoms with Crippen LogP contribution in [-0.4, -0.2) is 24.0 Å². The van der Waals surface area contributed by atoms with Crippen LogP contribution in [0.3, 0.4) is 0 Å². The van der Waals surface area contributed by atoms with E-state index in [0.717, 1.165) is 16.9 Å². The molecule has 0 amide bonds. The van der Waals surface area contributed by atoms with Crippen molar-refractivity contribution in [3.63, 3.8) is 0 Å². The standard InChI is InChI=1S/C12H15BrN2S/c1-9(11-4-5-12(13)16-11)10(8-14)15-6-2-3-7-15/h4-5,9-10H,2-3,6-7H2,1H3. The van der Waals surface area contributed by atoms with Crippen LogP contribution in [0.2, 0.25) is 0 Å². The first-order valence-electron chi connectivity index (χ1n) is 5.61. The molecule has 0 bridgehead atoms. The lowest BCUT2D eigenvalue weighted by Crippen LogP contribution is -2.35. The number of likely N-dealkylation sites (tertiary alicyclic amines) is 1. The van der Waals surface area contributed by atoms with E-state index >= 15 is 0 Å². The summed E-state index contributed by atoms with van der Waals surface area (Å²) in [5.74, 6) is 0.305.